The maximum Gasteiger partial charge on any atom is 0.253 e. The molecule has 2 N–H and O–H groups in total. The van der Waals surface area contributed by atoms with Crippen LogP contribution in [0.15, 0.2) is 30.5 Å². The van der Waals surface area contributed by atoms with E-state index in [1.165, 1.54) is 6.42 Å². The number of nitrogens with one attached hydrogen (secondary N) is 2. The van der Waals surface area contributed by atoms with Gasteiger partial charge >= 0.3 is 0 Å². The monoisotopic (exact) mass is 384 g/mol. The average molecular weight is 384 g/mol. The summed E-state index contributed by atoms with van der Waals surface area (Å²) < 4.78 is 13.6. The molecule has 28 heavy (non-hydrogen) atoms. The molecular formula is C20H25FN6O. The molecule has 4 rings (SSSR count). The number of carbonyl (C=O) groups is 1. The highest BCUT2D eigenvalue weighted by Gasteiger charge is 2.28. The molecule has 7 nitrogen and oxygen atoms in total. The zero-order valence-corrected chi connectivity index (χ0v) is 16.0. The van der Waals surface area contributed by atoms with E-state index in [-0.39, 0.29) is 11.7 Å². The van der Waals surface area contributed by atoms with Gasteiger partial charge in [-0.15, -0.1) is 0 Å². The Hall–Kier alpha value is -2.58. The first-order chi connectivity index (χ1) is 13.7. The highest BCUT2D eigenvalue weighted by molar-refractivity contribution is 5.95. The minimum atomic E-state index is -0.506. The van der Waals surface area contributed by atoms with Gasteiger partial charge in [-0.3, -0.25) is 9.69 Å². The van der Waals surface area contributed by atoms with Crippen molar-refractivity contribution in [1.82, 2.24) is 25.1 Å². The van der Waals surface area contributed by atoms with Crippen molar-refractivity contribution >= 4 is 11.7 Å². The predicted octanol–water partition coefficient (Wildman–Crippen LogP) is 1.44. The number of nitrogens with zero attached hydrogens (tertiary/aromatic N) is 4. The summed E-state index contributed by atoms with van der Waals surface area (Å²) in [4.78, 5) is 25.6. The van der Waals surface area contributed by atoms with Crippen molar-refractivity contribution < 1.29 is 9.18 Å². The molecular weight excluding hydrogens is 359 g/mol. The normalized spacial score (nSPS) is 20.4. The Morgan fingerprint density at radius 3 is 2.82 bits per heavy atom. The second-order valence-electron chi connectivity index (χ2n) is 7.20. The average Bonchev–Trinajstić information content (AvgIpc) is 3.29. The molecule has 2 aliphatic rings. The number of halogens is 1. The maximum absolute atomic E-state index is 13.6. The summed E-state index contributed by atoms with van der Waals surface area (Å²) in [6, 6.07) is 7.82. The van der Waals surface area contributed by atoms with Gasteiger partial charge in [-0.25, -0.2) is 14.4 Å². The smallest absolute Gasteiger partial charge is 0.253 e. The topological polar surface area (TPSA) is 73.4 Å². The third-order valence-corrected chi connectivity index (χ3v) is 5.50. The van der Waals surface area contributed by atoms with Crippen LogP contribution < -0.4 is 10.6 Å². The van der Waals surface area contributed by atoms with E-state index in [4.69, 9.17) is 0 Å². The van der Waals surface area contributed by atoms with Gasteiger partial charge in [0, 0.05) is 56.9 Å². The van der Waals surface area contributed by atoms with Gasteiger partial charge in [0.25, 0.3) is 5.91 Å². The maximum atomic E-state index is 13.6. The summed E-state index contributed by atoms with van der Waals surface area (Å²) in [7, 11) is 1.61. The predicted molar refractivity (Wildman–Crippen MR) is 106 cm³/mol. The number of aromatic nitrogens is 2. The molecule has 0 spiro atoms. The Kier molecular flexibility index (Phi) is 5.50. The molecule has 1 aromatic carbocycles. The molecule has 2 aromatic rings. The molecule has 1 aromatic heterocycles. The lowest BCUT2D eigenvalue weighted by Gasteiger charge is -2.37. The highest BCUT2D eigenvalue weighted by atomic mass is 19.1. The van der Waals surface area contributed by atoms with Crippen LogP contribution in [0.2, 0.25) is 0 Å². The van der Waals surface area contributed by atoms with Gasteiger partial charge in [-0.2, -0.15) is 0 Å². The van der Waals surface area contributed by atoms with Crippen molar-refractivity contribution in [3.63, 3.8) is 0 Å². The van der Waals surface area contributed by atoms with Crippen LogP contribution in [0.25, 0.3) is 11.4 Å². The number of amides is 1. The molecule has 0 unspecified atom stereocenters. The molecule has 1 amide bonds. The van der Waals surface area contributed by atoms with Crippen molar-refractivity contribution in [2.75, 3.05) is 51.6 Å². The van der Waals surface area contributed by atoms with Crippen LogP contribution in [0, 0.1) is 5.82 Å². The number of anilines is 1. The van der Waals surface area contributed by atoms with Crippen molar-refractivity contribution in [3.8, 4) is 11.4 Å². The van der Waals surface area contributed by atoms with Crippen LogP contribution in [-0.2, 0) is 0 Å². The van der Waals surface area contributed by atoms with Crippen LogP contribution in [0.4, 0.5) is 10.2 Å². The summed E-state index contributed by atoms with van der Waals surface area (Å²) in [5.41, 5.74) is 1.30. The van der Waals surface area contributed by atoms with Gasteiger partial charge < -0.3 is 15.5 Å². The number of hydrogen-bond donors (Lipinski definition) is 2. The van der Waals surface area contributed by atoms with Crippen molar-refractivity contribution in [1.29, 1.82) is 0 Å². The van der Waals surface area contributed by atoms with Crippen molar-refractivity contribution in [3.05, 3.63) is 41.8 Å². The lowest BCUT2D eigenvalue weighted by molar-refractivity contribution is 0.0584. The molecule has 0 bridgehead atoms. The van der Waals surface area contributed by atoms with Crippen LogP contribution in [0.5, 0.6) is 0 Å². The zero-order chi connectivity index (χ0) is 19.5. The fraction of sp³-hybridized carbons (Fsp3) is 0.450. The van der Waals surface area contributed by atoms with E-state index in [0.29, 0.717) is 23.0 Å². The standard InChI is InChI=1S/C20H25FN6O/c1-22-19-17(21)13-24-18(25-19)14-3-2-4-15(11-14)20(28)27-9-7-26(8-10-27)16-5-6-23-12-16/h2-4,11,13,16,23H,5-10,12H2,1H3,(H,22,24,25)/t16-/m1/s1. The third kappa shape index (κ3) is 3.83. The zero-order valence-electron chi connectivity index (χ0n) is 16.0. The fourth-order valence-corrected chi connectivity index (χ4v) is 3.90. The molecule has 2 aliphatic heterocycles. The first kappa shape index (κ1) is 18.8. The molecule has 0 radical (unpaired) electrons. The minimum Gasteiger partial charge on any atom is -0.371 e. The van der Waals surface area contributed by atoms with E-state index in [1.807, 2.05) is 23.1 Å². The summed E-state index contributed by atoms with van der Waals surface area (Å²) >= 11 is 0. The fourth-order valence-electron chi connectivity index (χ4n) is 3.90. The number of hydrogen-bond acceptors (Lipinski definition) is 6. The van der Waals surface area contributed by atoms with E-state index >= 15 is 0 Å². The van der Waals surface area contributed by atoms with Gasteiger partial charge in [0.1, 0.15) is 0 Å². The first-order valence-electron chi connectivity index (χ1n) is 9.70. The molecule has 148 valence electrons. The lowest BCUT2D eigenvalue weighted by Crippen LogP contribution is -2.52. The van der Waals surface area contributed by atoms with E-state index in [0.717, 1.165) is 45.5 Å². The lowest BCUT2D eigenvalue weighted by atomic mass is 10.1. The van der Waals surface area contributed by atoms with E-state index in [2.05, 4.69) is 25.5 Å². The SMILES string of the molecule is CNc1nc(-c2cccc(C(=O)N3CCN([C@@H]4CCNC4)CC3)c2)ncc1F. The van der Waals surface area contributed by atoms with Crippen molar-refractivity contribution in [2.45, 2.75) is 12.5 Å². The molecule has 8 heteroatoms. The van der Waals surface area contributed by atoms with Gasteiger partial charge in [-0.05, 0) is 25.1 Å². The second kappa shape index (κ2) is 8.20. The van der Waals surface area contributed by atoms with Crippen molar-refractivity contribution in [2.24, 2.45) is 0 Å². The van der Waals surface area contributed by atoms with Gasteiger partial charge in [0.05, 0.1) is 6.20 Å². The minimum absolute atomic E-state index is 0.0157. The number of piperazine rings is 1. The summed E-state index contributed by atoms with van der Waals surface area (Å²) in [6.07, 6.45) is 2.32. The van der Waals surface area contributed by atoms with E-state index < -0.39 is 5.82 Å². The first-order valence-corrected chi connectivity index (χ1v) is 9.70. The summed E-state index contributed by atoms with van der Waals surface area (Å²) in [6.45, 7) is 5.40. The Morgan fingerprint density at radius 1 is 1.29 bits per heavy atom. The molecule has 0 aliphatic carbocycles. The summed E-state index contributed by atoms with van der Waals surface area (Å²) in [5, 5.41) is 6.11. The summed E-state index contributed by atoms with van der Waals surface area (Å²) in [5.74, 6) is 0.0361. The Labute approximate surface area is 164 Å². The number of carbonyl (C=O) groups excluding carboxylic acids is 1. The Morgan fingerprint density at radius 2 is 2.11 bits per heavy atom. The molecule has 2 fully saturated rings. The van der Waals surface area contributed by atoms with Crippen LogP contribution in [-0.4, -0.2) is 78.0 Å². The Balaban J connectivity index is 1.46. The second-order valence-corrected chi connectivity index (χ2v) is 7.20. The Bertz CT molecular complexity index is 846. The van der Waals surface area contributed by atoms with Gasteiger partial charge in [0.15, 0.2) is 17.5 Å². The molecule has 3 heterocycles. The van der Waals surface area contributed by atoms with Crippen LogP contribution in [0.3, 0.4) is 0 Å². The highest BCUT2D eigenvalue weighted by Crippen LogP contribution is 2.21. The van der Waals surface area contributed by atoms with Crippen LogP contribution in [0.1, 0.15) is 16.8 Å². The molecule has 1 atom stereocenters. The number of rotatable bonds is 4. The molecule has 2 saturated heterocycles. The quantitative estimate of drug-likeness (QED) is 0.831. The van der Waals surface area contributed by atoms with E-state index in [9.17, 15) is 9.18 Å². The van der Waals surface area contributed by atoms with Gasteiger partial charge in [0.2, 0.25) is 0 Å². The van der Waals surface area contributed by atoms with Crippen LogP contribution >= 0.6 is 0 Å². The third-order valence-electron chi connectivity index (χ3n) is 5.50. The van der Waals surface area contributed by atoms with E-state index in [1.54, 1.807) is 13.1 Å². The number of benzene rings is 1. The van der Waals surface area contributed by atoms with Gasteiger partial charge in [-0.1, -0.05) is 12.1 Å². The molecule has 0 saturated carbocycles. The largest absolute Gasteiger partial charge is 0.371 e.